The maximum Gasteiger partial charge on any atom is 0.410 e. The standard InChI is InChI=1S/C40H54N2O9S/c1-40(2,3)51-39(43)42-22-19-34(29-15-17-33(18-16-29)48-24-9-23-47-28-32-10-6-7-12-36(32)46-4)38(27-42)50-37(20-25-49-52(5,44)45)31-14-13-30-11-8-21-41-35(30)26-31/h6-7,10,12-18,26,34,37-38,41H,8-9,11,19-25,27-28H2,1-5H3/t34-,37?,38+/m1/s1. The molecule has 52 heavy (non-hydrogen) atoms. The van der Waals surface area contributed by atoms with Crippen molar-refractivity contribution >= 4 is 21.9 Å². The monoisotopic (exact) mass is 738 g/mol. The average Bonchev–Trinajstić information content (AvgIpc) is 3.11. The summed E-state index contributed by atoms with van der Waals surface area (Å²) in [5.41, 5.74) is 4.68. The number of carbonyl (C=O) groups excluding carboxylic acids is 1. The number of fused-ring (bicyclic) bond motifs is 1. The number of aryl methyl sites for hydroxylation is 1. The second-order valence-corrected chi connectivity index (χ2v) is 16.0. The molecule has 1 amide bonds. The second kappa shape index (κ2) is 18.3. The van der Waals surface area contributed by atoms with Crippen LogP contribution in [0.1, 0.15) is 80.7 Å². The van der Waals surface area contributed by atoms with Crippen LogP contribution in [0, 0.1) is 0 Å². The van der Waals surface area contributed by atoms with E-state index in [9.17, 15) is 13.2 Å². The van der Waals surface area contributed by atoms with Crippen molar-refractivity contribution in [1.29, 1.82) is 0 Å². The van der Waals surface area contributed by atoms with E-state index in [1.165, 1.54) is 5.56 Å². The zero-order chi connectivity index (χ0) is 37.1. The van der Waals surface area contributed by atoms with Crippen molar-refractivity contribution < 1.29 is 41.1 Å². The van der Waals surface area contributed by atoms with Gasteiger partial charge in [0.25, 0.3) is 10.1 Å². The van der Waals surface area contributed by atoms with Crippen molar-refractivity contribution in [2.24, 2.45) is 0 Å². The molecule has 0 radical (unpaired) electrons. The number of likely N-dealkylation sites (tertiary alicyclic amines) is 1. The van der Waals surface area contributed by atoms with Gasteiger partial charge in [-0.3, -0.25) is 4.18 Å². The fraction of sp³-hybridized carbons (Fsp3) is 0.525. The number of nitrogens with one attached hydrogen (secondary N) is 1. The topological polar surface area (TPSA) is 122 Å². The smallest absolute Gasteiger partial charge is 0.410 e. The molecule has 1 saturated heterocycles. The van der Waals surface area contributed by atoms with Crippen LogP contribution in [-0.2, 0) is 41.5 Å². The molecule has 0 aromatic heterocycles. The molecule has 0 bridgehead atoms. The molecule has 3 aromatic rings. The first-order valence-electron chi connectivity index (χ1n) is 18.2. The average molecular weight is 739 g/mol. The molecular weight excluding hydrogens is 685 g/mol. The summed E-state index contributed by atoms with van der Waals surface area (Å²) < 4.78 is 58.8. The quantitative estimate of drug-likeness (QED) is 0.119. The lowest BCUT2D eigenvalue weighted by Crippen LogP contribution is -2.48. The number of para-hydroxylation sites is 1. The van der Waals surface area contributed by atoms with Crippen LogP contribution in [-0.4, -0.2) is 83.9 Å². The maximum atomic E-state index is 13.2. The van der Waals surface area contributed by atoms with Gasteiger partial charge in [0.05, 0.1) is 58.5 Å². The largest absolute Gasteiger partial charge is 0.496 e. The van der Waals surface area contributed by atoms with Crippen LogP contribution in [0.3, 0.4) is 0 Å². The number of amides is 1. The van der Waals surface area contributed by atoms with Crippen molar-refractivity contribution in [3.8, 4) is 11.5 Å². The predicted octanol–water partition coefficient (Wildman–Crippen LogP) is 7.26. The molecule has 1 fully saturated rings. The SMILES string of the molecule is COc1ccccc1COCCCOc1ccc([C@H]2CCN(C(=O)OC(C)(C)C)C[C@@H]2OC(CCOS(C)(=O)=O)c2ccc3c(c2)NCCC3)cc1. The summed E-state index contributed by atoms with van der Waals surface area (Å²) >= 11 is 0. The maximum absolute atomic E-state index is 13.2. The van der Waals surface area contributed by atoms with E-state index in [2.05, 4.69) is 35.6 Å². The third-order valence-corrected chi connectivity index (χ3v) is 9.73. The van der Waals surface area contributed by atoms with Crippen molar-refractivity contribution in [3.63, 3.8) is 0 Å². The number of benzene rings is 3. The van der Waals surface area contributed by atoms with Gasteiger partial charge in [-0.05, 0) is 81.0 Å². The van der Waals surface area contributed by atoms with E-state index in [-0.39, 0.29) is 18.6 Å². The lowest BCUT2D eigenvalue weighted by atomic mass is 9.86. The van der Waals surface area contributed by atoms with Crippen LogP contribution >= 0.6 is 0 Å². The van der Waals surface area contributed by atoms with Crippen LogP contribution in [0.15, 0.2) is 66.7 Å². The second-order valence-electron chi connectivity index (χ2n) is 14.4. The first kappa shape index (κ1) is 39.4. The van der Waals surface area contributed by atoms with E-state index in [0.717, 1.165) is 65.9 Å². The van der Waals surface area contributed by atoms with Gasteiger partial charge in [-0.15, -0.1) is 0 Å². The first-order chi connectivity index (χ1) is 24.9. The molecule has 5 rings (SSSR count). The van der Waals surface area contributed by atoms with Crippen molar-refractivity contribution in [1.82, 2.24) is 4.90 Å². The molecule has 2 aliphatic rings. The number of carbonyl (C=O) groups is 1. The van der Waals surface area contributed by atoms with Crippen molar-refractivity contribution in [2.75, 3.05) is 58.1 Å². The Bertz CT molecular complexity index is 1710. The number of hydrogen-bond donors (Lipinski definition) is 1. The number of hydrogen-bond acceptors (Lipinski definition) is 10. The molecule has 0 spiro atoms. The van der Waals surface area contributed by atoms with Crippen molar-refractivity contribution in [3.05, 3.63) is 89.0 Å². The molecule has 12 heteroatoms. The Balaban J connectivity index is 1.27. The van der Waals surface area contributed by atoms with Crippen LogP contribution < -0.4 is 14.8 Å². The number of ether oxygens (including phenoxy) is 5. The number of nitrogens with zero attached hydrogens (tertiary/aromatic N) is 1. The molecule has 2 heterocycles. The van der Waals surface area contributed by atoms with Gasteiger partial charge in [0.2, 0.25) is 0 Å². The molecule has 1 unspecified atom stereocenters. The molecule has 1 N–H and O–H groups in total. The molecule has 284 valence electrons. The van der Waals surface area contributed by atoms with Crippen LogP contribution in [0.2, 0.25) is 0 Å². The Labute approximate surface area is 309 Å². The summed E-state index contributed by atoms with van der Waals surface area (Å²) in [7, 11) is -1.98. The molecule has 3 aromatic carbocycles. The minimum atomic E-state index is -3.63. The third kappa shape index (κ3) is 11.8. The fourth-order valence-electron chi connectivity index (χ4n) is 6.60. The summed E-state index contributed by atoms with van der Waals surface area (Å²) in [6.45, 7) is 8.80. The molecule has 2 aliphatic heterocycles. The Kier molecular flexibility index (Phi) is 13.8. The zero-order valence-electron chi connectivity index (χ0n) is 31.1. The van der Waals surface area contributed by atoms with E-state index >= 15 is 0 Å². The fourth-order valence-corrected chi connectivity index (χ4v) is 7.00. The lowest BCUT2D eigenvalue weighted by molar-refractivity contribution is -0.0702. The number of methoxy groups -OCH3 is 1. The van der Waals surface area contributed by atoms with Gasteiger partial charge in [-0.2, -0.15) is 8.42 Å². The summed E-state index contributed by atoms with van der Waals surface area (Å²) in [5, 5.41) is 3.49. The molecular formula is C40H54N2O9S. The minimum absolute atomic E-state index is 0.0291. The van der Waals surface area contributed by atoms with Gasteiger partial charge < -0.3 is 33.9 Å². The number of piperidine rings is 1. The summed E-state index contributed by atoms with van der Waals surface area (Å²) in [6, 6.07) is 22.1. The number of anilines is 1. The van der Waals surface area contributed by atoms with Gasteiger partial charge >= 0.3 is 6.09 Å². The Hall–Kier alpha value is -3.84. The lowest BCUT2D eigenvalue weighted by Gasteiger charge is -2.40. The highest BCUT2D eigenvalue weighted by Crippen LogP contribution is 2.37. The minimum Gasteiger partial charge on any atom is -0.496 e. The van der Waals surface area contributed by atoms with Crippen molar-refractivity contribution in [2.45, 2.75) is 83.2 Å². The van der Waals surface area contributed by atoms with E-state index in [0.29, 0.717) is 45.8 Å². The van der Waals surface area contributed by atoms with Gasteiger partial charge in [-0.1, -0.05) is 42.5 Å². The zero-order valence-corrected chi connectivity index (χ0v) is 31.9. The van der Waals surface area contributed by atoms with Crippen LogP contribution in [0.25, 0.3) is 0 Å². The van der Waals surface area contributed by atoms with Crippen LogP contribution in [0.4, 0.5) is 10.5 Å². The predicted molar refractivity (Wildman–Crippen MR) is 201 cm³/mol. The van der Waals surface area contributed by atoms with Gasteiger partial charge in [0.15, 0.2) is 0 Å². The van der Waals surface area contributed by atoms with Crippen LogP contribution in [0.5, 0.6) is 11.5 Å². The third-order valence-electron chi connectivity index (χ3n) is 9.13. The van der Waals surface area contributed by atoms with E-state index in [4.69, 9.17) is 27.9 Å². The van der Waals surface area contributed by atoms with Gasteiger partial charge in [0, 0.05) is 43.1 Å². The van der Waals surface area contributed by atoms with E-state index in [1.807, 2.05) is 57.2 Å². The molecule has 11 nitrogen and oxygen atoms in total. The summed E-state index contributed by atoms with van der Waals surface area (Å²) in [6.07, 6.45) is 3.56. The first-order valence-corrected chi connectivity index (χ1v) is 20.0. The summed E-state index contributed by atoms with van der Waals surface area (Å²) in [4.78, 5) is 14.9. The van der Waals surface area contributed by atoms with E-state index < -0.39 is 27.9 Å². The Morgan fingerprint density at radius 1 is 1.02 bits per heavy atom. The highest BCUT2D eigenvalue weighted by molar-refractivity contribution is 7.85. The molecule has 0 aliphatic carbocycles. The molecule has 3 atom stereocenters. The van der Waals surface area contributed by atoms with Gasteiger partial charge in [-0.25, -0.2) is 4.79 Å². The normalized spacial score (nSPS) is 18.2. The highest BCUT2D eigenvalue weighted by atomic mass is 32.2. The highest BCUT2D eigenvalue weighted by Gasteiger charge is 2.37. The Morgan fingerprint density at radius 3 is 2.56 bits per heavy atom. The Morgan fingerprint density at radius 2 is 1.81 bits per heavy atom. The molecule has 0 saturated carbocycles. The van der Waals surface area contributed by atoms with Gasteiger partial charge in [0.1, 0.15) is 17.1 Å². The number of rotatable bonds is 16. The summed E-state index contributed by atoms with van der Waals surface area (Å²) in [5.74, 6) is 1.54. The van der Waals surface area contributed by atoms with E-state index in [1.54, 1.807) is 12.0 Å².